The van der Waals surface area contributed by atoms with Crippen molar-refractivity contribution in [3.05, 3.63) is 41.5 Å². The van der Waals surface area contributed by atoms with Gasteiger partial charge >= 0.3 is 5.97 Å². The Hall–Kier alpha value is -2.14. The van der Waals surface area contributed by atoms with E-state index in [1.165, 1.54) is 89.2 Å². The van der Waals surface area contributed by atoms with E-state index in [1.54, 1.807) is 11.3 Å². The molecule has 0 spiro atoms. The van der Waals surface area contributed by atoms with E-state index in [9.17, 15) is 4.79 Å². The van der Waals surface area contributed by atoms with Crippen LogP contribution in [-0.2, 0) is 4.79 Å². The third kappa shape index (κ3) is 7.94. The Balaban J connectivity index is 1.26. The predicted octanol–water partition coefficient (Wildman–Crippen LogP) is 10.2. The average molecular weight is 537 g/mol. The Morgan fingerprint density at radius 2 is 1.66 bits per heavy atom. The SMILES string of the molecule is CCCCCCC[C@H]1CC[C@H](C(=O)Oc2ccc(-c3cn4c(C(C)CCCCCC)csc4n3)cc2)CC1. The van der Waals surface area contributed by atoms with Gasteiger partial charge in [0.2, 0.25) is 0 Å². The average Bonchev–Trinajstić information content (AvgIpc) is 3.53. The summed E-state index contributed by atoms with van der Waals surface area (Å²) in [5.74, 6) is 1.96. The minimum absolute atomic E-state index is 0.0494. The van der Waals surface area contributed by atoms with Gasteiger partial charge in [0.05, 0.1) is 11.6 Å². The number of unbranched alkanes of at least 4 members (excludes halogenated alkanes) is 7. The zero-order chi connectivity index (χ0) is 26.7. The van der Waals surface area contributed by atoms with Crippen molar-refractivity contribution in [3.8, 4) is 17.0 Å². The van der Waals surface area contributed by atoms with Crippen molar-refractivity contribution in [1.29, 1.82) is 0 Å². The van der Waals surface area contributed by atoms with Crippen molar-refractivity contribution in [2.45, 2.75) is 123 Å². The van der Waals surface area contributed by atoms with E-state index >= 15 is 0 Å². The maximum Gasteiger partial charge on any atom is 0.314 e. The number of carbonyl (C=O) groups is 1. The molecule has 4 nitrogen and oxygen atoms in total. The Morgan fingerprint density at radius 1 is 0.974 bits per heavy atom. The molecule has 1 fully saturated rings. The highest BCUT2D eigenvalue weighted by Gasteiger charge is 2.27. The first-order chi connectivity index (χ1) is 18.6. The summed E-state index contributed by atoms with van der Waals surface area (Å²) in [6.07, 6.45) is 21.0. The predicted molar refractivity (Wildman–Crippen MR) is 160 cm³/mol. The molecule has 0 amide bonds. The second-order valence-electron chi connectivity index (χ2n) is 11.6. The zero-order valence-corrected chi connectivity index (χ0v) is 24.7. The van der Waals surface area contributed by atoms with Crippen LogP contribution in [0.25, 0.3) is 16.2 Å². The highest BCUT2D eigenvalue weighted by Crippen LogP contribution is 2.34. The van der Waals surface area contributed by atoms with Crippen LogP contribution in [0.15, 0.2) is 35.8 Å². The number of aromatic nitrogens is 2. The molecule has 1 aromatic carbocycles. The number of fused-ring (bicyclic) bond motifs is 1. The number of rotatable bonds is 15. The molecule has 1 aliphatic rings. The monoisotopic (exact) mass is 536 g/mol. The number of hydrogen-bond acceptors (Lipinski definition) is 4. The largest absolute Gasteiger partial charge is 0.426 e. The van der Waals surface area contributed by atoms with Crippen molar-refractivity contribution < 1.29 is 9.53 Å². The number of benzene rings is 1. The van der Waals surface area contributed by atoms with E-state index in [1.807, 2.05) is 24.3 Å². The normalized spacial score (nSPS) is 18.6. The quantitative estimate of drug-likeness (QED) is 0.110. The van der Waals surface area contributed by atoms with Gasteiger partial charge in [-0.05, 0) is 68.2 Å². The van der Waals surface area contributed by atoms with Crippen LogP contribution in [0.3, 0.4) is 0 Å². The van der Waals surface area contributed by atoms with Crippen LogP contribution < -0.4 is 4.74 Å². The van der Waals surface area contributed by atoms with Crippen LogP contribution in [0.4, 0.5) is 0 Å². The smallest absolute Gasteiger partial charge is 0.314 e. The van der Waals surface area contributed by atoms with Crippen LogP contribution in [-0.4, -0.2) is 15.4 Å². The molecule has 2 heterocycles. The molecule has 0 bridgehead atoms. The molecule has 208 valence electrons. The third-order valence-corrected chi connectivity index (χ3v) is 9.36. The van der Waals surface area contributed by atoms with E-state index in [-0.39, 0.29) is 11.9 Å². The molecular weight excluding hydrogens is 488 g/mol. The minimum Gasteiger partial charge on any atom is -0.426 e. The lowest BCUT2D eigenvalue weighted by Gasteiger charge is -2.27. The fourth-order valence-corrected chi connectivity index (χ4v) is 6.93. The van der Waals surface area contributed by atoms with Crippen molar-refractivity contribution in [2.75, 3.05) is 0 Å². The van der Waals surface area contributed by atoms with Crippen LogP contribution >= 0.6 is 11.3 Å². The molecule has 1 saturated carbocycles. The molecule has 1 unspecified atom stereocenters. The van der Waals surface area contributed by atoms with Gasteiger partial charge in [-0.15, -0.1) is 11.3 Å². The molecule has 4 rings (SSSR count). The van der Waals surface area contributed by atoms with Gasteiger partial charge in [-0.3, -0.25) is 9.20 Å². The molecule has 2 aromatic heterocycles. The Labute approximate surface area is 234 Å². The van der Waals surface area contributed by atoms with Gasteiger partial charge in [0, 0.05) is 22.8 Å². The molecule has 1 atom stereocenters. The van der Waals surface area contributed by atoms with Gasteiger partial charge in [-0.25, -0.2) is 4.98 Å². The fourth-order valence-electron chi connectivity index (χ4n) is 5.94. The summed E-state index contributed by atoms with van der Waals surface area (Å²) in [5.41, 5.74) is 3.39. The summed E-state index contributed by atoms with van der Waals surface area (Å²) in [4.78, 5) is 18.7. The van der Waals surface area contributed by atoms with Crippen molar-refractivity contribution in [2.24, 2.45) is 11.8 Å². The molecular formula is C33H48N2O2S. The number of esters is 1. The summed E-state index contributed by atoms with van der Waals surface area (Å²) in [6, 6.07) is 7.89. The van der Waals surface area contributed by atoms with Gasteiger partial charge < -0.3 is 4.74 Å². The molecule has 0 saturated heterocycles. The highest BCUT2D eigenvalue weighted by atomic mass is 32.1. The number of hydrogen-bond donors (Lipinski definition) is 0. The number of imidazole rings is 1. The summed E-state index contributed by atoms with van der Waals surface area (Å²) in [5, 5.41) is 2.26. The van der Waals surface area contributed by atoms with E-state index in [0.717, 1.165) is 35.0 Å². The standard InChI is InChI=1S/C33H48N2O2S/c1-4-6-8-10-12-14-26-15-17-28(18-16-26)32(36)37-29-21-19-27(20-22-29)30-23-35-31(24-38-33(35)34-30)25(3)13-11-9-7-5-2/h19-26,28H,4-18H2,1-3H3/t25?,26-,28-. The molecule has 5 heteroatoms. The van der Waals surface area contributed by atoms with Crippen LogP contribution in [0.2, 0.25) is 0 Å². The first-order valence-electron chi connectivity index (χ1n) is 15.4. The summed E-state index contributed by atoms with van der Waals surface area (Å²) >= 11 is 1.72. The number of nitrogens with zero attached hydrogens (tertiary/aromatic N) is 2. The lowest BCUT2D eigenvalue weighted by atomic mass is 9.80. The summed E-state index contributed by atoms with van der Waals surface area (Å²) in [7, 11) is 0. The van der Waals surface area contributed by atoms with Gasteiger partial charge in [0.15, 0.2) is 4.96 Å². The van der Waals surface area contributed by atoms with E-state index < -0.39 is 0 Å². The second kappa shape index (κ2) is 14.9. The first kappa shape index (κ1) is 28.9. The maximum atomic E-state index is 12.8. The van der Waals surface area contributed by atoms with E-state index in [4.69, 9.17) is 9.72 Å². The lowest BCUT2D eigenvalue weighted by molar-refractivity contribution is -0.140. The van der Waals surface area contributed by atoms with Gasteiger partial charge in [-0.2, -0.15) is 0 Å². The van der Waals surface area contributed by atoms with E-state index in [0.29, 0.717) is 11.7 Å². The molecule has 3 aromatic rings. The number of thiazole rings is 1. The Kier molecular flexibility index (Phi) is 11.3. The number of carbonyl (C=O) groups excluding carboxylic acids is 1. The minimum atomic E-state index is -0.0563. The highest BCUT2D eigenvalue weighted by molar-refractivity contribution is 7.15. The Morgan fingerprint density at radius 3 is 2.37 bits per heavy atom. The van der Waals surface area contributed by atoms with Crippen LogP contribution in [0.1, 0.15) is 129 Å². The van der Waals surface area contributed by atoms with Gasteiger partial charge in [0.1, 0.15) is 5.75 Å². The molecule has 38 heavy (non-hydrogen) atoms. The van der Waals surface area contributed by atoms with Crippen molar-refractivity contribution in [3.63, 3.8) is 0 Å². The summed E-state index contributed by atoms with van der Waals surface area (Å²) < 4.78 is 8.06. The molecule has 1 aliphatic carbocycles. The van der Waals surface area contributed by atoms with Crippen LogP contribution in [0, 0.1) is 11.8 Å². The Bertz CT molecular complexity index is 1110. The molecule has 0 aliphatic heterocycles. The fraction of sp³-hybridized carbons (Fsp3) is 0.636. The van der Waals surface area contributed by atoms with Gasteiger partial charge in [0.25, 0.3) is 0 Å². The van der Waals surface area contributed by atoms with E-state index in [2.05, 4.69) is 36.7 Å². The number of ether oxygens (including phenoxy) is 1. The van der Waals surface area contributed by atoms with Crippen LogP contribution in [0.5, 0.6) is 5.75 Å². The van der Waals surface area contributed by atoms with Gasteiger partial charge in [-0.1, -0.05) is 85.0 Å². The molecule has 0 N–H and O–H groups in total. The maximum absolute atomic E-state index is 12.8. The van der Waals surface area contributed by atoms with Crippen molar-refractivity contribution >= 4 is 22.3 Å². The third-order valence-electron chi connectivity index (χ3n) is 8.50. The zero-order valence-electron chi connectivity index (χ0n) is 23.9. The molecule has 0 radical (unpaired) electrons. The van der Waals surface area contributed by atoms with Crippen molar-refractivity contribution in [1.82, 2.24) is 9.38 Å². The second-order valence-corrected chi connectivity index (χ2v) is 12.4. The topological polar surface area (TPSA) is 43.6 Å². The first-order valence-corrected chi connectivity index (χ1v) is 16.3. The lowest BCUT2D eigenvalue weighted by Crippen LogP contribution is -2.25. The summed E-state index contributed by atoms with van der Waals surface area (Å²) in [6.45, 7) is 6.86.